The van der Waals surface area contributed by atoms with Gasteiger partial charge in [0.15, 0.2) is 11.8 Å². The molecule has 8 heteroatoms. The highest BCUT2D eigenvalue weighted by molar-refractivity contribution is 14.0. The largest absolute Gasteiger partial charge is 0.385 e. The van der Waals surface area contributed by atoms with Gasteiger partial charge >= 0.3 is 0 Å². The number of nitrogens with one attached hydrogen (secondary N) is 2. The van der Waals surface area contributed by atoms with Crippen molar-refractivity contribution in [1.82, 2.24) is 20.8 Å². The third kappa shape index (κ3) is 6.54. The normalized spacial score (nSPS) is 16.2. The summed E-state index contributed by atoms with van der Waals surface area (Å²) in [5.41, 5.74) is 0.335. The van der Waals surface area contributed by atoms with E-state index in [0.29, 0.717) is 23.6 Å². The predicted molar refractivity (Wildman–Crippen MR) is 105 cm³/mol. The Balaban J connectivity index is 0.00000288. The average Bonchev–Trinajstić information content (AvgIpc) is 2.91. The maximum Gasteiger partial charge on any atom is 0.228 e. The summed E-state index contributed by atoms with van der Waals surface area (Å²) in [5.74, 6) is 2.18. The number of methoxy groups -OCH3 is 1. The lowest BCUT2D eigenvalue weighted by Crippen LogP contribution is -2.41. The molecule has 0 unspecified atom stereocenters. The van der Waals surface area contributed by atoms with E-state index in [-0.39, 0.29) is 24.0 Å². The van der Waals surface area contributed by atoms with Gasteiger partial charge in [-0.3, -0.25) is 4.99 Å². The number of rotatable bonds is 9. The fraction of sp³-hybridized carbons (Fsp3) is 0.812. The Morgan fingerprint density at radius 2 is 2.17 bits per heavy atom. The van der Waals surface area contributed by atoms with Gasteiger partial charge in [0.1, 0.15) is 0 Å². The predicted octanol–water partition coefficient (Wildman–Crippen LogP) is 2.30. The molecule has 1 fully saturated rings. The second-order valence-corrected chi connectivity index (χ2v) is 6.20. The van der Waals surface area contributed by atoms with Crippen LogP contribution in [0.3, 0.4) is 0 Å². The Kier molecular flexibility index (Phi) is 9.57. The van der Waals surface area contributed by atoms with Gasteiger partial charge in [0.25, 0.3) is 0 Å². The van der Waals surface area contributed by atoms with Crippen LogP contribution in [0.1, 0.15) is 44.3 Å². The lowest BCUT2D eigenvalue weighted by atomic mass is 9.67. The van der Waals surface area contributed by atoms with Crippen molar-refractivity contribution < 1.29 is 9.26 Å². The Bertz CT molecular complexity index is 502. The zero-order chi connectivity index (χ0) is 16.5. The minimum atomic E-state index is 0. The van der Waals surface area contributed by atoms with E-state index >= 15 is 0 Å². The summed E-state index contributed by atoms with van der Waals surface area (Å²) in [6, 6.07) is 0. The first-order chi connectivity index (χ1) is 11.2. The molecule has 1 aromatic rings. The Hall–Kier alpha value is -0.900. The summed E-state index contributed by atoms with van der Waals surface area (Å²) >= 11 is 0. The lowest BCUT2D eigenvalue weighted by Gasteiger charge is -2.40. The molecule has 0 radical (unpaired) electrons. The molecule has 138 valence electrons. The van der Waals surface area contributed by atoms with E-state index < -0.39 is 0 Å². The molecule has 0 aliphatic heterocycles. The molecule has 0 atom stereocenters. The zero-order valence-electron chi connectivity index (χ0n) is 14.9. The molecule has 1 saturated carbocycles. The van der Waals surface area contributed by atoms with E-state index in [4.69, 9.17) is 14.3 Å². The minimum Gasteiger partial charge on any atom is -0.385 e. The molecular weight excluding hydrogens is 421 g/mol. The van der Waals surface area contributed by atoms with Crippen LogP contribution in [0.4, 0.5) is 0 Å². The molecule has 2 rings (SSSR count). The molecule has 0 amide bonds. The number of hydrogen-bond acceptors (Lipinski definition) is 5. The van der Waals surface area contributed by atoms with Gasteiger partial charge in [0, 0.05) is 39.8 Å². The van der Waals surface area contributed by atoms with Crippen LogP contribution in [-0.2, 0) is 11.2 Å². The number of aryl methyl sites for hydroxylation is 1. The summed E-state index contributed by atoms with van der Waals surface area (Å²) in [6.45, 7) is 7.13. The maximum absolute atomic E-state index is 5.24. The summed E-state index contributed by atoms with van der Waals surface area (Å²) in [7, 11) is 1.76. The van der Waals surface area contributed by atoms with Crippen LogP contribution >= 0.6 is 24.0 Å². The smallest absolute Gasteiger partial charge is 0.228 e. The Labute approximate surface area is 161 Å². The fourth-order valence-electron chi connectivity index (χ4n) is 2.80. The molecule has 1 aliphatic carbocycles. The van der Waals surface area contributed by atoms with Gasteiger partial charge in [-0.05, 0) is 38.5 Å². The van der Waals surface area contributed by atoms with Crippen molar-refractivity contribution >= 4 is 29.9 Å². The zero-order valence-corrected chi connectivity index (χ0v) is 17.3. The Morgan fingerprint density at radius 3 is 2.71 bits per heavy atom. The second-order valence-electron chi connectivity index (χ2n) is 6.20. The molecule has 0 spiro atoms. The minimum absolute atomic E-state index is 0. The van der Waals surface area contributed by atoms with E-state index in [1.807, 2.05) is 6.92 Å². The lowest BCUT2D eigenvalue weighted by molar-refractivity contribution is 0.0778. The van der Waals surface area contributed by atoms with E-state index in [1.165, 1.54) is 19.3 Å². The van der Waals surface area contributed by atoms with Crippen LogP contribution < -0.4 is 10.6 Å². The molecular formula is C16H30IN5O2. The Morgan fingerprint density at radius 1 is 1.38 bits per heavy atom. The molecule has 24 heavy (non-hydrogen) atoms. The number of aromatic nitrogens is 2. The number of nitrogens with zero attached hydrogens (tertiary/aromatic N) is 3. The third-order valence-corrected chi connectivity index (χ3v) is 4.37. The monoisotopic (exact) mass is 451 g/mol. The topological polar surface area (TPSA) is 84.6 Å². The maximum atomic E-state index is 5.24. The molecule has 1 aliphatic rings. The molecule has 1 heterocycles. The number of guanidine groups is 1. The van der Waals surface area contributed by atoms with Crippen molar-refractivity contribution in [3.05, 3.63) is 11.7 Å². The van der Waals surface area contributed by atoms with Gasteiger partial charge in [0.05, 0.1) is 0 Å². The van der Waals surface area contributed by atoms with Gasteiger partial charge in [-0.1, -0.05) is 11.6 Å². The van der Waals surface area contributed by atoms with Crippen LogP contribution in [0.2, 0.25) is 0 Å². The van der Waals surface area contributed by atoms with Gasteiger partial charge in [-0.15, -0.1) is 24.0 Å². The number of halogens is 1. The van der Waals surface area contributed by atoms with Crippen molar-refractivity contribution in [3.63, 3.8) is 0 Å². The molecule has 0 bridgehead atoms. The van der Waals surface area contributed by atoms with Gasteiger partial charge in [0.2, 0.25) is 5.89 Å². The highest BCUT2D eigenvalue weighted by Gasteiger charge is 2.36. The van der Waals surface area contributed by atoms with Crippen LogP contribution in [-0.4, -0.2) is 49.5 Å². The first-order valence-corrected chi connectivity index (χ1v) is 8.48. The molecule has 1 aromatic heterocycles. The molecule has 0 saturated heterocycles. The number of ether oxygens (including phenoxy) is 1. The van der Waals surface area contributed by atoms with Crippen molar-refractivity contribution in [2.24, 2.45) is 10.4 Å². The van der Waals surface area contributed by atoms with Crippen LogP contribution in [0.5, 0.6) is 0 Å². The van der Waals surface area contributed by atoms with Gasteiger partial charge < -0.3 is 19.9 Å². The van der Waals surface area contributed by atoms with E-state index in [0.717, 1.165) is 38.6 Å². The third-order valence-electron chi connectivity index (χ3n) is 4.37. The molecule has 0 aromatic carbocycles. The number of hydrogen-bond donors (Lipinski definition) is 2. The summed E-state index contributed by atoms with van der Waals surface area (Å²) in [5, 5.41) is 10.4. The van der Waals surface area contributed by atoms with Gasteiger partial charge in [-0.25, -0.2) is 0 Å². The quantitative estimate of drug-likeness (QED) is 0.341. The summed E-state index contributed by atoms with van der Waals surface area (Å²) < 4.78 is 10.4. The average molecular weight is 451 g/mol. The second kappa shape index (κ2) is 10.9. The van der Waals surface area contributed by atoms with Crippen molar-refractivity contribution in [2.45, 2.75) is 46.0 Å². The van der Waals surface area contributed by atoms with Gasteiger partial charge in [-0.2, -0.15) is 4.98 Å². The van der Waals surface area contributed by atoms with Crippen molar-refractivity contribution in [3.8, 4) is 0 Å². The van der Waals surface area contributed by atoms with Crippen LogP contribution in [0.15, 0.2) is 9.52 Å². The SMILES string of the molecule is CCNC(=NCC1(CCOC)CCC1)NCCc1nc(C)no1.I. The van der Waals surface area contributed by atoms with E-state index in [9.17, 15) is 0 Å². The van der Waals surface area contributed by atoms with Crippen LogP contribution in [0.25, 0.3) is 0 Å². The first-order valence-electron chi connectivity index (χ1n) is 8.48. The summed E-state index contributed by atoms with van der Waals surface area (Å²) in [6.07, 6.45) is 5.59. The van der Waals surface area contributed by atoms with Crippen molar-refractivity contribution in [1.29, 1.82) is 0 Å². The van der Waals surface area contributed by atoms with E-state index in [1.54, 1.807) is 7.11 Å². The molecule has 7 nitrogen and oxygen atoms in total. The highest BCUT2D eigenvalue weighted by atomic mass is 127. The fourth-order valence-corrected chi connectivity index (χ4v) is 2.80. The van der Waals surface area contributed by atoms with Crippen LogP contribution in [0, 0.1) is 12.3 Å². The summed E-state index contributed by atoms with van der Waals surface area (Å²) in [4.78, 5) is 8.97. The molecule has 2 N–H and O–H groups in total. The number of aliphatic imine (C=N–C) groups is 1. The highest BCUT2D eigenvalue weighted by Crippen LogP contribution is 2.44. The van der Waals surface area contributed by atoms with E-state index in [2.05, 4.69) is 27.7 Å². The van der Waals surface area contributed by atoms with Crippen molar-refractivity contribution in [2.75, 3.05) is 33.4 Å². The standard InChI is InChI=1S/C16H29N5O2.HI/c1-4-17-15(18-10-6-14-20-13(2)21-23-14)19-12-16(7-5-8-16)9-11-22-3;/h4-12H2,1-3H3,(H2,17,18,19);1H. The first kappa shape index (κ1) is 21.1.